The van der Waals surface area contributed by atoms with Crippen LogP contribution in [-0.4, -0.2) is 42.3 Å². The van der Waals surface area contributed by atoms with Gasteiger partial charge in [-0.25, -0.2) is 0 Å². The van der Waals surface area contributed by atoms with Gasteiger partial charge in [-0.05, 0) is 55.3 Å². The van der Waals surface area contributed by atoms with Crippen molar-refractivity contribution in [2.75, 3.05) is 34.9 Å². The smallest absolute Gasteiger partial charge is 0.265 e. The fourth-order valence-corrected chi connectivity index (χ4v) is 4.06. The Morgan fingerprint density at radius 1 is 1.20 bits per heavy atom. The second kappa shape index (κ2) is 10.00. The molecule has 0 atom stereocenters. The largest absolute Gasteiger partial charge is 0.482 e. The normalized spacial score (nSPS) is 12.9. The van der Waals surface area contributed by atoms with Crippen LogP contribution < -0.4 is 15.0 Å². The van der Waals surface area contributed by atoms with Gasteiger partial charge in [0, 0.05) is 22.8 Å². The molecule has 0 unspecified atom stereocenters. The first-order chi connectivity index (χ1) is 14.4. The van der Waals surface area contributed by atoms with E-state index in [1.807, 2.05) is 13.8 Å². The van der Waals surface area contributed by atoms with Crippen molar-refractivity contribution >= 4 is 52.3 Å². The Bertz CT molecular complexity index is 980. The number of hydrogen-bond donors (Lipinski definition) is 1. The van der Waals surface area contributed by atoms with Gasteiger partial charge in [-0.3, -0.25) is 14.4 Å². The van der Waals surface area contributed by atoms with E-state index in [1.165, 1.54) is 11.8 Å². The van der Waals surface area contributed by atoms with Gasteiger partial charge in [0.25, 0.3) is 5.91 Å². The maximum absolute atomic E-state index is 12.6. The summed E-state index contributed by atoms with van der Waals surface area (Å²) in [4.78, 5) is 38.6. The number of Topliss-reactive ketones (excluding diaryl/α,β-unsaturated/α-hetero) is 1. The number of nitrogens with one attached hydrogen (secondary N) is 1. The van der Waals surface area contributed by atoms with Crippen molar-refractivity contribution in [3.8, 4) is 5.75 Å². The summed E-state index contributed by atoms with van der Waals surface area (Å²) in [6.45, 7) is 4.44. The lowest BCUT2D eigenvalue weighted by molar-refractivity contribution is -0.121. The van der Waals surface area contributed by atoms with Crippen molar-refractivity contribution in [3.63, 3.8) is 0 Å². The van der Waals surface area contributed by atoms with Crippen molar-refractivity contribution in [1.82, 2.24) is 0 Å². The first-order valence-electron chi connectivity index (χ1n) is 9.63. The Labute approximate surface area is 184 Å². The summed E-state index contributed by atoms with van der Waals surface area (Å²) >= 11 is 7.17. The highest BCUT2D eigenvalue weighted by atomic mass is 35.5. The quantitative estimate of drug-likeness (QED) is 0.610. The minimum atomic E-state index is -0.184. The van der Waals surface area contributed by atoms with E-state index in [9.17, 15) is 14.4 Å². The minimum Gasteiger partial charge on any atom is -0.482 e. The van der Waals surface area contributed by atoms with Gasteiger partial charge in [-0.15, -0.1) is 11.8 Å². The number of carbonyl (C=O) groups is 3. The summed E-state index contributed by atoms with van der Waals surface area (Å²) in [5.74, 6) is 0.517. The number of fused-ring (bicyclic) bond motifs is 1. The van der Waals surface area contributed by atoms with Crippen LogP contribution in [0.15, 0.2) is 36.4 Å². The fourth-order valence-electron chi connectivity index (χ4n) is 3.12. The number of anilines is 2. The standard InChI is InChI=1S/C22H23ClN2O4S/c1-3-8-25-18-10-15(4-7-20(18)29-11-22(25)28)19(26)12-30-13-21(27)24-17-6-5-16(23)9-14(17)2/h4-7,9-10H,3,8,11-13H2,1-2H3,(H,24,27). The monoisotopic (exact) mass is 446 g/mol. The van der Waals surface area contributed by atoms with E-state index in [0.29, 0.717) is 34.3 Å². The Hall–Kier alpha value is -2.51. The molecule has 0 bridgehead atoms. The van der Waals surface area contributed by atoms with Crippen LogP contribution in [0.5, 0.6) is 5.75 Å². The molecule has 30 heavy (non-hydrogen) atoms. The van der Waals surface area contributed by atoms with E-state index in [2.05, 4.69) is 5.32 Å². The van der Waals surface area contributed by atoms with Crippen molar-refractivity contribution in [2.45, 2.75) is 20.3 Å². The molecule has 0 radical (unpaired) electrons. The van der Waals surface area contributed by atoms with Gasteiger partial charge in [-0.2, -0.15) is 0 Å². The van der Waals surface area contributed by atoms with Crippen molar-refractivity contribution < 1.29 is 19.1 Å². The molecule has 0 spiro atoms. The number of amides is 2. The van der Waals surface area contributed by atoms with Crippen LogP contribution in [0, 0.1) is 6.92 Å². The molecule has 2 amide bonds. The first kappa shape index (κ1) is 22.2. The molecule has 3 rings (SSSR count). The topological polar surface area (TPSA) is 75.7 Å². The van der Waals surface area contributed by atoms with E-state index in [0.717, 1.165) is 12.0 Å². The van der Waals surface area contributed by atoms with E-state index in [4.69, 9.17) is 16.3 Å². The third kappa shape index (κ3) is 5.34. The Morgan fingerprint density at radius 2 is 2.00 bits per heavy atom. The predicted molar refractivity (Wildman–Crippen MR) is 121 cm³/mol. The maximum Gasteiger partial charge on any atom is 0.265 e. The number of ether oxygens (including phenoxy) is 1. The molecule has 0 saturated carbocycles. The molecular formula is C22H23ClN2O4S. The van der Waals surface area contributed by atoms with Crippen molar-refractivity contribution in [3.05, 3.63) is 52.5 Å². The van der Waals surface area contributed by atoms with Crippen molar-refractivity contribution in [1.29, 1.82) is 0 Å². The molecule has 0 saturated heterocycles. The summed E-state index contributed by atoms with van der Waals surface area (Å²) < 4.78 is 5.46. The molecule has 1 aliphatic heterocycles. The van der Waals surface area contributed by atoms with Crippen LogP contribution in [0.2, 0.25) is 5.02 Å². The summed E-state index contributed by atoms with van der Waals surface area (Å²) in [5.41, 5.74) is 2.69. The summed E-state index contributed by atoms with van der Waals surface area (Å²) in [5, 5.41) is 3.44. The molecule has 2 aromatic rings. The van der Waals surface area contributed by atoms with Gasteiger partial charge in [0.1, 0.15) is 5.75 Å². The molecule has 158 valence electrons. The van der Waals surface area contributed by atoms with Crippen LogP contribution >= 0.6 is 23.4 Å². The predicted octanol–water partition coefficient (Wildman–Crippen LogP) is 4.34. The van der Waals surface area contributed by atoms with E-state index < -0.39 is 0 Å². The average Bonchev–Trinajstić information content (AvgIpc) is 2.72. The number of rotatable bonds is 8. The summed E-state index contributed by atoms with van der Waals surface area (Å²) in [7, 11) is 0. The van der Waals surface area contributed by atoms with Crippen LogP contribution in [-0.2, 0) is 9.59 Å². The second-order valence-electron chi connectivity index (χ2n) is 6.94. The number of ketones is 1. The number of thioether (sulfide) groups is 1. The van der Waals surface area contributed by atoms with Gasteiger partial charge in [0.05, 0.1) is 17.2 Å². The van der Waals surface area contributed by atoms with Crippen LogP contribution in [0.25, 0.3) is 0 Å². The molecule has 0 aromatic heterocycles. The lowest BCUT2D eigenvalue weighted by atomic mass is 10.1. The number of halogens is 1. The average molecular weight is 447 g/mol. The molecule has 1 N–H and O–H groups in total. The van der Waals surface area contributed by atoms with Crippen LogP contribution in [0.1, 0.15) is 29.3 Å². The number of aryl methyl sites for hydroxylation is 1. The van der Waals surface area contributed by atoms with E-state index >= 15 is 0 Å². The van der Waals surface area contributed by atoms with Crippen molar-refractivity contribution in [2.24, 2.45) is 0 Å². The van der Waals surface area contributed by atoms with Gasteiger partial charge in [-0.1, -0.05) is 18.5 Å². The molecule has 1 heterocycles. The summed E-state index contributed by atoms with van der Waals surface area (Å²) in [6, 6.07) is 10.4. The Morgan fingerprint density at radius 3 is 2.73 bits per heavy atom. The third-order valence-electron chi connectivity index (χ3n) is 4.60. The zero-order valence-corrected chi connectivity index (χ0v) is 18.4. The van der Waals surface area contributed by atoms with Gasteiger partial charge >= 0.3 is 0 Å². The third-order valence-corrected chi connectivity index (χ3v) is 5.77. The molecule has 0 aliphatic carbocycles. The van der Waals surface area contributed by atoms with Crippen LogP contribution in [0.3, 0.4) is 0 Å². The van der Waals surface area contributed by atoms with E-state index in [1.54, 1.807) is 41.3 Å². The molecule has 6 nitrogen and oxygen atoms in total. The number of carbonyl (C=O) groups excluding carboxylic acids is 3. The van der Waals surface area contributed by atoms with Crippen LogP contribution in [0.4, 0.5) is 11.4 Å². The van der Waals surface area contributed by atoms with E-state index in [-0.39, 0.29) is 35.7 Å². The molecule has 1 aliphatic rings. The molecule has 0 fully saturated rings. The van der Waals surface area contributed by atoms with Gasteiger partial charge in [0.15, 0.2) is 12.4 Å². The minimum absolute atomic E-state index is 0.0123. The van der Waals surface area contributed by atoms with Gasteiger partial charge < -0.3 is 15.0 Å². The highest BCUT2D eigenvalue weighted by Crippen LogP contribution is 2.33. The molecular weight excluding hydrogens is 424 g/mol. The number of hydrogen-bond acceptors (Lipinski definition) is 5. The number of nitrogens with zero attached hydrogens (tertiary/aromatic N) is 1. The summed E-state index contributed by atoms with van der Waals surface area (Å²) in [6.07, 6.45) is 0.807. The highest BCUT2D eigenvalue weighted by molar-refractivity contribution is 8.00. The maximum atomic E-state index is 12.6. The zero-order chi connectivity index (χ0) is 21.7. The molecule has 2 aromatic carbocycles. The first-order valence-corrected chi connectivity index (χ1v) is 11.2. The number of benzene rings is 2. The second-order valence-corrected chi connectivity index (χ2v) is 8.36. The lowest BCUT2D eigenvalue weighted by Crippen LogP contribution is -2.39. The fraction of sp³-hybridized carbons (Fsp3) is 0.318. The lowest BCUT2D eigenvalue weighted by Gasteiger charge is -2.29. The molecule has 8 heteroatoms. The van der Waals surface area contributed by atoms with Gasteiger partial charge in [0.2, 0.25) is 5.91 Å². The Balaban J connectivity index is 1.57. The highest BCUT2D eigenvalue weighted by Gasteiger charge is 2.25. The Kier molecular flexibility index (Phi) is 7.39. The zero-order valence-electron chi connectivity index (χ0n) is 16.9. The SMILES string of the molecule is CCCN1C(=O)COc2ccc(C(=O)CSCC(=O)Nc3ccc(Cl)cc3C)cc21.